The highest BCUT2D eigenvalue weighted by molar-refractivity contribution is 5.23. The van der Waals surface area contributed by atoms with Gasteiger partial charge in [0.05, 0.1) is 5.60 Å². The predicted octanol–water partition coefficient (Wildman–Crippen LogP) is 3.86. The molecule has 3 rings (SSSR count). The maximum atomic E-state index is 10.9. The summed E-state index contributed by atoms with van der Waals surface area (Å²) in [6.45, 7) is 0. The molecular formula is C16H22O. The lowest BCUT2D eigenvalue weighted by molar-refractivity contribution is -0.0500. The lowest BCUT2D eigenvalue weighted by atomic mass is 9.64. The van der Waals surface area contributed by atoms with Crippen molar-refractivity contribution in [3.8, 4) is 0 Å². The van der Waals surface area contributed by atoms with E-state index >= 15 is 0 Å². The van der Waals surface area contributed by atoms with Crippen molar-refractivity contribution >= 4 is 0 Å². The van der Waals surface area contributed by atoms with Crippen LogP contribution in [0.1, 0.15) is 50.5 Å². The van der Waals surface area contributed by atoms with Crippen LogP contribution in [-0.4, -0.2) is 5.11 Å². The Morgan fingerprint density at radius 3 is 2.41 bits per heavy atom. The minimum absolute atomic E-state index is 0.542. The third kappa shape index (κ3) is 2.13. The summed E-state index contributed by atoms with van der Waals surface area (Å²) in [5, 5.41) is 10.9. The molecule has 1 nitrogen and oxygen atoms in total. The highest BCUT2D eigenvalue weighted by atomic mass is 16.3. The molecule has 0 radical (unpaired) electrons. The summed E-state index contributed by atoms with van der Waals surface area (Å²) in [4.78, 5) is 0. The van der Waals surface area contributed by atoms with Gasteiger partial charge in [-0.1, -0.05) is 56.0 Å². The molecule has 3 unspecified atom stereocenters. The zero-order valence-electron chi connectivity index (χ0n) is 10.4. The predicted molar refractivity (Wildman–Crippen MR) is 69.6 cm³/mol. The van der Waals surface area contributed by atoms with Gasteiger partial charge < -0.3 is 5.11 Å². The Balaban J connectivity index is 1.80. The molecule has 1 N–H and O–H groups in total. The zero-order chi connectivity index (χ0) is 11.7. The zero-order valence-corrected chi connectivity index (χ0v) is 10.4. The molecule has 1 aromatic rings. The van der Waals surface area contributed by atoms with Crippen molar-refractivity contribution in [3.05, 3.63) is 35.9 Å². The first-order valence-corrected chi connectivity index (χ1v) is 7.06. The van der Waals surface area contributed by atoms with Crippen molar-refractivity contribution in [2.75, 3.05) is 0 Å². The van der Waals surface area contributed by atoms with Gasteiger partial charge in [-0.25, -0.2) is 0 Å². The first kappa shape index (κ1) is 11.3. The summed E-state index contributed by atoms with van der Waals surface area (Å²) >= 11 is 0. The van der Waals surface area contributed by atoms with Crippen molar-refractivity contribution < 1.29 is 5.11 Å². The Bertz CT molecular complexity index is 372. The van der Waals surface area contributed by atoms with Crippen molar-refractivity contribution in [2.45, 2.75) is 50.5 Å². The smallest absolute Gasteiger partial charge is 0.0899 e. The molecule has 0 heterocycles. The van der Waals surface area contributed by atoms with Gasteiger partial charge in [0.2, 0.25) is 0 Å². The van der Waals surface area contributed by atoms with Crippen LogP contribution < -0.4 is 0 Å². The van der Waals surface area contributed by atoms with Crippen LogP contribution in [0, 0.1) is 11.8 Å². The number of hydrogen-bond donors (Lipinski definition) is 1. The average Bonchev–Trinajstić information content (AvgIpc) is 2.40. The van der Waals surface area contributed by atoms with E-state index in [1.54, 1.807) is 0 Å². The maximum Gasteiger partial charge on any atom is 0.0899 e. The van der Waals surface area contributed by atoms with Crippen LogP contribution in [0.4, 0.5) is 0 Å². The van der Waals surface area contributed by atoms with Gasteiger partial charge >= 0.3 is 0 Å². The van der Waals surface area contributed by atoms with Crippen molar-refractivity contribution in [3.63, 3.8) is 0 Å². The van der Waals surface area contributed by atoms with Gasteiger partial charge in [-0.3, -0.25) is 0 Å². The summed E-state index contributed by atoms with van der Waals surface area (Å²) in [6.07, 6.45) is 8.67. The minimum atomic E-state index is -0.542. The lowest BCUT2D eigenvalue weighted by Crippen LogP contribution is -2.38. The average molecular weight is 230 g/mol. The highest BCUT2D eigenvalue weighted by Gasteiger charge is 2.41. The second-order valence-corrected chi connectivity index (χ2v) is 5.95. The molecule has 0 saturated heterocycles. The van der Waals surface area contributed by atoms with Gasteiger partial charge in [0.25, 0.3) is 0 Å². The van der Waals surface area contributed by atoms with Crippen LogP contribution in [0.3, 0.4) is 0 Å². The van der Waals surface area contributed by atoms with Crippen LogP contribution in [0.25, 0.3) is 0 Å². The fourth-order valence-electron chi connectivity index (χ4n) is 3.90. The summed E-state index contributed by atoms with van der Waals surface area (Å²) in [7, 11) is 0. The molecule has 0 aliphatic heterocycles. The fraction of sp³-hybridized carbons (Fsp3) is 0.625. The van der Waals surface area contributed by atoms with Crippen LogP contribution in [0.15, 0.2) is 30.3 Å². The first-order chi connectivity index (χ1) is 8.28. The topological polar surface area (TPSA) is 20.2 Å². The molecule has 1 aromatic carbocycles. The van der Waals surface area contributed by atoms with E-state index < -0.39 is 5.60 Å². The second-order valence-electron chi connectivity index (χ2n) is 5.95. The second kappa shape index (κ2) is 4.45. The Morgan fingerprint density at radius 2 is 1.65 bits per heavy atom. The van der Waals surface area contributed by atoms with Gasteiger partial charge in [-0.15, -0.1) is 0 Å². The van der Waals surface area contributed by atoms with E-state index in [4.69, 9.17) is 0 Å². The molecule has 0 bridgehead atoms. The number of aliphatic hydroxyl groups is 1. The standard InChI is InChI=1S/C16H22O/c17-16(15-8-2-1-3-9-15)11-10-13-6-4-5-7-14(13)12-16/h1-3,8-9,13-14,17H,4-7,10-12H2. The van der Waals surface area contributed by atoms with E-state index in [1.165, 1.54) is 32.1 Å². The molecule has 1 heteroatoms. The Kier molecular flexibility index (Phi) is 2.96. The normalized spacial score (nSPS) is 37.5. The monoisotopic (exact) mass is 230 g/mol. The highest BCUT2D eigenvalue weighted by Crippen LogP contribution is 2.48. The molecule has 0 aromatic heterocycles. The van der Waals surface area contributed by atoms with E-state index in [-0.39, 0.29) is 0 Å². The molecule has 2 saturated carbocycles. The molecule has 17 heavy (non-hydrogen) atoms. The van der Waals surface area contributed by atoms with E-state index in [9.17, 15) is 5.11 Å². The van der Waals surface area contributed by atoms with Crippen molar-refractivity contribution in [1.29, 1.82) is 0 Å². The molecular weight excluding hydrogens is 208 g/mol. The van der Waals surface area contributed by atoms with Crippen LogP contribution in [0.5, 0.6) is 0 Å². The van der Waals surface area contributed by atoms with Gasteiger partial charge in [0.1, 0.15) is 0 Å². The fourth-order valence-corrected chi connectivity index (χ4v) is 3.90. The molecule has 3 atom stereocenters. The number of rotatable bonds is 1. The number of hydrogen-bond acceptors (Lipinski definition) is 1. The van der Waals surface area contributed by atoms with Gasteiger partial charge in [0, 0.05) is 0 Å². The Hall–Kier alpha value is -0.820. The molecule has 0 amide bonds. The Labute approximate surface area is 104 Å². The van der Waals surface area contributed by atoms with Crippen LogP contribution >= 0.6 is 0 Å². The molecule has 2 fully saturated rings. The summed E-state index contributed by atoms with van der Waals surface area (Å²) in [5.41, 5.74) is 0.587. The first-order valence-electron chi connectivity index (χ1n) is 7.06. The quantitative estimate of drug-likeness (QED) is 0.776. The third-order valence-corrected chi connectivity index (χ3v) is 4.91. The molecule has 2 aliphatic rings. The van der Waals surface area contributed by atoms with Crippen molar-refractivity contribution in [2.24, 2.45) is 11.8 Å². The minimum Gasteiger partial charge on any atom is -0.385 e. The third-order valence-electron chi connectivity index (χ3n) is 4.91. The van der Waals surface area contributed by atoms with Crippen molar-refractivity contribution in [1.82, 2.24) is 0 Å². The maximum absolute atomic E-state index is 10.9. The van der Waals surface area contributed by atoms with Gasteiger partial charge in [-0.05, 0) is 36.7 Å². The SMILES string of the molecule is OC1(c2ccccc2)CCC2CCCCC2C1. The summed E-state index contributed by atoms with van der Waals surface area (Å²) < 4.78 is 0. The van der Waals surface area contributed by atoms with E-state index in [1.807, 2.05) is 18.2 Å². The molecule has 92 valence electrons. The van der Waals surface area contributed by atoms with E-state index in [0.29, 0.717) is 0 Å². The van der Waals surface area contributed by atoms with E-state index in [0.717, 1.165) is 30.2 Å². The Morgan fingerprint density at radius 1 is 0.941 bits per heavy atom. The van der Waals surface area contributed by atoms with Gasteiger partial charge in [0.15, 0.2) is 0 Å². The lowest BCUT2D eigenvalue weighted by Gasteiger charge is -2.44. The van der Waals surface area contributed by atoms with Gasteiger partial charge in [-0.2, -0.15) is 0 Å². The van der Waals surface area contributed by atoms with E-state index in [2.05, 4.69) is 12.1 Å². The number of benzene rings is 1. The van der Waals surface area contributed by atoms with Crippen LogP contribution in [0.2, 0.25) is 0 Å². The summed E-state index contributed by atoms with van der Waals surface area (Å²) in [6, 6.07) is 10.3. The molecule has 2 aliphatic carbocycles. The largest absolute Gasteiger partial charge is 0.385 e. The number of fused-ring (bicyclic) bond motifs is 1. The van der Waals surface area contributed by atoms with Crippen LogP contribution in [-0.2, 0) is 5.60 Å². The molecule has 0 spiro atoms. The summed E-state index contributed by atoms with van der Waals surface area (Å²) in [5.74, 6) is 1.66.